The lowest BCUT2D eigenvalue weighted by molar-refractivity contribution is 0.0697. The van der Waals surface area contributed by atoms with Crippen molar-refractivity contribution in [3.05, 3.63) is 95.7 Å². The number of aromatic carboxylic acids is 1. The van der Waals surface area contributed by atoms with Gasteiger partial charge in [-0.3, -0.25) is 9.67 Å². The van der Waals surface area contributed by atoms with Gasteiger partial charge in [0.1, 0.15) is 23.3 Å². The third kappa shape index (κ3) is 4.93. The summed E-state index contributed by atoms with van der Waals surface area (Å²) in [6, 6.07) is 16.3. The van der Waals surface area contributed by atoms with Crippen LogP contribution in [0.15, 0.2) is 73.3 Å². The highest BCUT2D eigenvalue weighted by Crippen LogP contribution is 2.29. The highest BCUT2D eigenvalue weighted by molar-refractivity contribution is 5.88. The Morgan fingerprint density at radius 1 is 1.03 bits per heavy atom. The van der Waals surface area contributed by atoms with E-state index in [0.29, 0.717) is 29.1 Å². The van der Waals surface area contributed by atoms with E-state index < -0.39 is 5.97 Å². The molecule has 0 fully saturated rings. The summed E-state index contributed by atoms with van der Waals surface area (Å²) >= 11 is 0. The van der Waals surface area contributed by atoms with Crippen LogP contribution in [-0.2, 0) is 6.54 Å². The van der Waals surface area contributed by atoms with Crippen LogP contribution in [0, 0.1) is 13.8 Å². The number of fused-ring (bicyclic) bond motifs is 1. The molecule has 0 saturated heterocycles. The second-order valence-electron chi connectivity index (χ2n) is 8.13. The zero-order valence-electron chi connectivity index (χ0n) is 19.1. The molecule has 0 atom stereocenters. The lowest BCUT2D eigenvalue weighted by Crippen LogP contribution is -2.02. The summed E-state index contributed by atoms with van der Waals surface area (Å²) in [6.45, 7) is 4.39. The largest absolute Gasteiger partial charge is 0.478 e. The van der Waals surface area contributed by atoms with Gasteiger partial charge in [0, 0.05) is 11.4 Å². The minimum atomic E-state index is -0.950. The molecule has 0 radical (unpaired) electrons. The number of pyridine rings is 1. The second-order valence-corrected chi connectivity index (χ2v) is 8.13. The summed E-state index contributed by atoms with van der Waals surface area (Å²) in [5.74, 6) is 1.06. The maximum absolute atomic E-state index is 11.1. The number of benzene rings is 2. The van der Waals surface area contributed by atoms with E-state index in [-0.39, 0.29) is 5.56 Å². The van der Waals surface area contributed by atoms with Crippen LogP contribution < -0.4 is 10.1 Å². The molecule has 0 aliphatic heterocycles. The van der Waals surface area contributed by atoms with Crippen molar-refractivity contribution in [2.75, 3.05) is 5.32 Å². The van der Waals surface area contributed by atoms with E-state index in [9.17, 15) is 4.79 Å². The summed E-state index contributed by atoms with van der Waals surface area (Å²) in [5.41, 5.74) is 5.25. The smallest absolute Gasteiger partial charge is 0.335 e. The Labute approximate surface area is 201 Å². The van der Waals surface area contributed by atoms with Gasteiger partial charge < -0.3 is 15.2 Å². The molecule has 3 heterocycles. The van der Waals surface area contributed by atoms with E-state index in [2.05, 4.69) is 25.4 Å². The van der Waals surface area contributed by atoms with Crippen LogP contribution in [0.5, 0.6) is 11.5 Å². The molecule has 0 amide bonds. The Morgan fingerprint density at radius 2 is 1.86 bits per heavy atom. The predicted octanol–water partition coefficient (Wildman–Crippen LogP) is 5.12. The third-order valence-corrected chi connectivity index (χ3v) is 5.45. The van der Waals surface area contributed by atoms with Crippen molar-refractivity contribution in [3.63, 3.8) is 0 Å². The number of nitrogens with one attached hydrogen (secondary N) is 1. The Bertz CT molecular complexity index is 1510. The Morgan fingerprint density at radius 3 is 2.57 bits per heavy atom. The van der Waals surface area contributed by atoms with Crippen LogP contribution >= 0.6 is 0 Å². The first-order chi connectivity index (χ1) is 16.9. The highest BCUT2D eigenvalue weighted by atomic mass is 16.5. The predicted molar refractivity (Wildman–Crippen MR) is 131 cm³/mol. The first-order valence-electron chi connectivity index (χ1n) is 10.9. The fraction of sp³-hybridized carbons (Fsp3) is 0.115. The number of aryl methyl sites for hydroxylation is 2. The van der Waals surface area contributed by atoms with E-state index in [4.69, 9.17) is 9.84 Å². The fourth-order valence-corrected chi connectivity index (χ4v) is 3.62. The normalized spacial score (nSPS) is 10.9. The summed E-state index contributed by atoms with van der Waals surface area (Å²) in [7, 11) is 0. The van der Waals surface area contributed by atoms with E-state index in [0.717, 1.165) is 28.3 Å². The molecule has 2 N–H and O–H groups in total. The number of anilines is 2. The molecule has 2 aromatic carbocycles. The molecule has 35 heavy (non-hydrogen) atoms. The van der Waals surface area contributed by atoms with Gasteiger partial charge in [0.05, 0.1) is 24.5 Å². The summed E-state index contributed by atoms with van der Waals surface area (Å²) in [6.07, 6.45) is 5.04. The molecule has 174 valence electrons. The number of hydrogen-bond donors (Lipinski definition) is 2. The average molecular weight is 467 g/mol. The van der Waals surface area contributed by atoms with Gasteiger partial charge in [0.25, 0.3) is 0 Å². The van der Waals surface area contributed by atoms with Crippen molar-refractivity contribution in [2.45, 2.75) is 20.4 Å². The van der Waals surface area contributed by atoms with E-state index >= 15 is 0 Å². The Kier molecular flexibility index (Phi) is 5.80. The van der Waals surface area contributed by atoms with Crippen molar-refractivity contribution in [2.24, 2.45) is 0 Å². The molecule has 3 aromatic heterocycles. The van der Waals surface area contributed by atoms with E-state index in [1.807, 2.05) is 50.4 Å². The zero-order valence-corrected chi connectivity index (χ0v) is 19.1. The van der Waals surface area contributed by atoms with Gasteiger partial charge in [0.15, 0.2) is 11.3 Å². The monoisotopic (exact) mass is 466 g/mol. The molecular weight excluding hydrogens is 444 g/mol. The molecule has 9 nitrogen and oxygen atoms in total. The van der Waals surface area contributed by atoms with Gasteiger partial charge in [-0.05, 0) is 67.4 Å². The Balaban J connectivity index is 1.34. The van der Waals surface area contributed by atoms with Crippen molar-refractivity contribution in [1.82, 2.24) is 24.7 Å². The van der Waals surface area contributed by atoms with Gasteiger partial charge in [0.2, 0.25) is 0 Å². The lowest BCUT2D eigenvalue weighted by Gasteiger charge is -2.11. The third-order valence-electron chi connectivity index (χ3n) is 5.45. The average Bonchev–Trinajstić information content (AvgIpc) is 3.26. The summed E-state index contributed by atoms with van der Waals surface area (Å²) < 4.78 is 7.72. The number of nitrogens with zero attached hydrogens (tertiary/aromatic N) is 5. The molecule has 0 spiro atoms. The number of carbonyl (C=O) groups is 1. The maximum Gasteiger partial charge on any atom is 0.335 e. The molecule has 0 aliphatic rings. The van der Waals surface area contributed by atoms with Crippen LogP contribution in [0.2, 0.25) is 0 Å². The zero-order chi connectivity index (χ0) is 24.4. The molecule has 5 aromatic rings. The molecule has 0 saturated carbocycles. The van der Waals surface area contributed by atoms with Crippen molar-refractivity contribution in [1.29, 1.82) is 0 Å². The number of carboxylic acids is 1. The number of rotatable bonds is 7. The first-order valence-corrected chi connectivity index (χ1v) is 10.9. The number of hydrogen-bond acceptors (Lipinski definition) is 7. The van der Waals surface area contributed by atoms with Crippen molar-refractivity contribution in [3.8, 4) is 11.5 Å². The van der Waals surface area contributed by atoms with Crippen molar-refractivity contribution >= 4 is 28.5 Å². The van der Waals surface area contributed by atoms with E-state index in [1.165, 1.54) is 6.33 Å². The Hall–Kier alpha value is -4.79. The molecule has 9 heteroatoms. The van der Waals surface area contributed by atoms with Crippen LogP contribution in [-0.4, -0.2) is 35.8 Å². The summed E-state index contributed by atoms with van der Waals surface area (Å²) in [4.78, 5) is 24.0. The maximum atomic E-state index is 11.1. The van der Waals surface area contributed by atoms with Gasteiger partial charge in [-0.25, -0.2) is 14.8 Å². The molecule has 0 bridgehead atoms. The number of aromatic nitrogens is 5. The number of carboxylic acid groups (broad SMARTS) is 1. The minimum absolute atomic E-state index is 0.249. The molecule has 0 aliphatic carbocycles. The standard InChI is InChI=1S/C26H22N6O3/c1-16-11-20(8-10-23(16)35-21-9-3-17(2)27-12-21)30-25-24-22(28-15-29-25)14-32(31-24)13-18-4-6-19(7-5-18)26(33)34/h3-12,14-15H,13H2,1-2H3,(H,33,34)(H,28,29,30). The first kappa shape index (κ1) is 22.0. The van der Waals surface area contributed by atoms with Crippen molar-refractivity contribution < 1.29 is 14.6 Å². The van der Waals surface area contributed by atoms with Crippen LogP contribution in [0.1, 0.15) is 27.2 Å². The van der Waals surface area contributed by atoms with Gasteiger partial charge in [-0.2, -0.15) is 5.10 Å². The topological polar surface area (TPSA) is 115 Å². The van der Waals surface area contributed by atoms with Gasteiger partial charge in [-0.15, -0.1) is 0 Å². The van der Waals surface area contributed by atoms with Crippen LogP contribution in [0.25, 0.3) is 11.0 Å². The molecular formula is C26H22N6O3. The second kappa shape index (κ2) is 9.22. The van der Waals surface area contributed by atoms with Crippen LogP contribution in [0.3, 0.4) is 0 Å². The highest BCUT2D eigenvalue weighted by Gasteiger charge is 2.11. The van der Waals surface area contributed by atoms with E-state index in [1.54, 1.807) is 35.1 Å². The fourth-order valence-electron chi connectivity index (χ4n) is 3.62. The summed E-state index contributed by atoms with van der Waals surface area (Å²) in [5, 5.41) is 17.0. The molecule has 5 rings (SSSR count). The number of ether oxygens (including phenoxy) is 1. The minimum Gasteiger partial charge on any atom is -0.478 e. The van der Waals surface area contributed by atoms with Crippen LogP contribution in [0.4, 0.5) is 11.5 Å². The molecule has 0 unspecified atom stereocenters. The van der Waals surface area contributed by atoms with Gasteiger partial charge in [-0.1, -0.05) is 12.1 Å². The van der Waals surface area contributed by atoms with Gasteiger partial charge >= 0.3 is 5.97 Å². The quantitative estimate of drug-likeness (QED) is 0.340. The lowest BCUT2D eigenvalue weighted by atomic mass is 10.1. The SMILES string of the molecule is Cc1ccc(Oc2ccc(Nc3ncnc4cn(Cc5ccc(C(=O)O)cc5)nc34)cc2C)cn1.